The van der Waals surface area contributed by atoms with Crippen molar-refractivity contribution < 1.29 is 4.42 Å². The summed E-state index contributed by atoms with van der Waals surface area (Å²) in [5.41, 5.74) is 0.398. The van der Waals surface area contributed by atoms with Gasteiger partial charge in [-0.15, -0.1) is 11.3 Å². The molecule has 0 radical (unpaired) electrons. The van der Waals surface area contributed by atoms with Gasteiger partial charge in [-0.3, -0.25) is 0 Å². The minimum absolute atomic E-state index is 0.398. The van der Waals surface area contributed by atoms with Crippen LogP contribution in [0.15, 0.2) is 21.9 Å². The minimum atomic E-state index is 0.398. The Morgan fingerprint density at radius 3 is 2.88 bits per heavy atom. The number of hydrogen-bond donors (Lipinski definition) is 0. The highest BCUT2D eigenvalue weighted by Crippen LogP contribution is 2.31. The van der Waals surface area contributed by atoms with E-state index in [0.29, 0.717) is 17.5 Å². The van der Waals surface area contributed by atoms with Crippen LogP contribution in [0, 0.1) is 11.3 Å². The van der Waals surface area contributed by atoms with E-state index in [1.807, 2.05) is 17.5 Å². The molecule has 5 heteroatoms. The first-order valence-corrected chi connectivity index (χ1v) is 6.46. The van der Waals surface area contributed by atoms with E-state index in [9.17, 15) is 0 Å². The van der Waals surface area contributed by atoms with Crippen LogP contribution in [0.25, 0.3) is 10.8 Å². The lowest BCUT2D eigenvalue weighted by atomic mass is 10.4. The van der Waals surface area contributed by atoms with Gasteiger partial charge in [-0.1, -0.05) is 6.07 Å². The summed E-state index contributed by atoms with van der Waals surface area (Å²) >= 11 is 1.57. The molecule has 86 valence electrons. The van der Waals surface area contributed by atoms with Gasteiger partial charge in [-0.2, -0.15) is 10.2 Å². The predicted molar refractivity (Wildman–Crippen MR) is 66.0 cm³/mol. The van der Waals surface area contributed by atoms with E-state index >= 15 is 0 Å². The van der Waals surface area contributed by atoms with E-state index in [4.69, 9.17) is 9.68 Å². The van der Waals surface area contributed by atoms with Crippen molar-refractivity contribution in [2.45, 2.75) is 12.8 Å². The van der Waals surface area contributed by atoms with Crippen LogP contribution in [0.2, 0.25) is 0 Å². The van der Waals surface area contributed by atoms with Gasteiger partial charge in [0.2, 0.25) is 17.5 Å². The summed E-state index contributed by atoms with van der Waals surface area (Å²) in [6.07, 6.45) is 2.31. The molecule has 0 atom stereocenters. The molecule has 1 aliphatic heterocycles. The minimum Gasteiger partial charge on any atom is -0.418 e. The van der Waals surface area contributed by atoms with Crippen molar-refractivity contribution in [1.82, 2.24) is 4.98 Å². The number of rotatable bonds is 2. The fraction of sp³-hybridized carbons (Fsp3) is 0.333. The summed E-state index contributed by atoms with van der Waals surface area (Å²) in [5.74, 6) is 1.19. The fourth-order valence-electron chi connectivity index (χ4n) is 2.03. The van der Waals surface area contributed by atoms with Gasteiger partial charge in [-0.25, -0.2) is 0 Å². The van der Waals surface area contributed by atoms with Crippen LogP contribution >= 0.6 is 11.3 Å². The lowest BCUT2D eigenvalue weighted by Crippen LogP contribution is -2.17. The molecule has 2 aromatic rings. The predicted octanol–water partition coefficient (Wildman–Crippen LogP) is 2.87. The molecule has 0 amide bonds. The Morgan fingerprint density at radius 2 is 2.24 bits per heavy atom. The third kappa shape index (κ3) is 1.81. The maximum Gasteiger partial charge on any atom is 0.240 e. The van der Waals surface area contributed by atoms with E-state index in [0.717, 1.165) is 30.8 Å². The van der Waals surface area contributed by atoms with E-state index < -0.39 is 0 Å². The Hall–Kier alpha value is -1.80. The average Bonchev–Trinajstić information content (AvgIpc) is 3.09. The van der Waals surface area contributed by atoms with Crippen molar-refractivity contribution in [3.8, 4) is 16.8 Å². The van der Waals surface area contributed by atoms with Gasteiger partial charge in [0.05, 0.1) is 4.88 Å². The highest BCUT2D eigenvalue weighted by molar-refractivity contribution is 7.13. The lowest BCUT2D eigenvalue weighted by Gasteiger charge is -2.12. The van der Waals surface area contributed by atoms with Crippen LogP contribution in [0.1, 0.15) is 18.5 Å². The van der Waals surface area contributed by atoms with E-state index in [1.165, 1.54) is 0 Å². The average molecular weight is 245 g/mol. The molecule has 1 saturated heterocycles. The molecule has 1 fully saturated rings. The van der Waals surface area contributed by atoms with Crippen molar-refractivity contribution in [2.24, 2.45) is 0 Å². The number of hydrogen-bond acceptors (Lipinski definition) is 5. The zero-order valence-electron chi connectivity index (χ0n) is 9.22. The quantitative estimate of drug-likeness (QED) is 0.816. The van der Waals surface area contributed by atoms with Crippen molar-refractivity contribution >= 4 is 17.2 Å². The first kappa shape index (κ1) is 10.4. The van der Waals surface area contributed by atoms with Crippen LogP contribution in [-0.2, 0) is 0 Å². The summed E-state index contributed by atoms with van der Waals surface area (Å²) in [6, 6.07) is 6.01. The number of oxazole rings is 1. The molecule has 0 bridgehead atoms. The van der Waals surface area contributed by atoms with Crippen LogP contribution in [-0.4, -0.2) is 18.1 Å². The molecule has 2 aromatic heterocycles. The first-order chi connectivity index (χ1) is 8.38. The second kappa shape index (κ2) is 4.22. The monoisotopic (exact) mass is 245 g/mol. The number of nitriles is 1. The maximum absolute atomic E-state index is 9.09. The Morgan fingerprint density at radius 1 is 1.41 bits per heavy atom. The Bertz CT molecular complexity index is 547. The zero-order valence-corrected chi connectivity index (χ0v) is 10.0. The largest absolute Gasteiger partial charge is 0.418 e. The molecule has 0 aromatic carbocycles. The molecule has 0 N–H and O–H groups in total. The van der Waals surface area contributed by atoms with Gasteiger partial charge in [0, 0.05) is 13.1 Å². The molecular weight excluding hydrogens is 234 g/mol. The second-order valence-corrected chi connectivity index (χ2v) is 4.90. The summed E-state index contributed by atoms with van der Waals surface area (Å²) in [5, 5.41) is 11.1. The van der Waals surface area contributed by atoms with Crippen molar-refractivity contribution in [3.63, 3.8) is 0 Å². The summed E-state index contributed by atoms with van der Waals surface area (Å²) in [4.78, 5) is 7.32. The number of thiophene rings is 1. The fourth-order valence-corrected chi connectivity index (χ4v) is 2.67. The molecule has 0 saturated carbocycles. The van der Waals surface area contributed by atoms with Gasteiger partial charge in [0.15, 0.2) is 0 Å². The SMILES string of the molecule is N#Cc1nc(-c2cccs2)oc1N1CCCC1. The van der Waals surface area contributed by atoms with Crippen LogP contribution in [0.4, 0.5) is 5.88 Å². The highest BCUT2D eigenvalue weighted by Gasteiger charge is 2.22. The van der Waals surface area contributed by atoms with Crippen molar-refractivity contribution in [1.29, 1.82) is 5.26 Å². The van der Waals surface area contributed by atoms with Crippen LogP contribution in [0.3, 0.4) is 0 Å². The lowest BCUT2D eigenvalue weighted by molar-refractivity contribution is 0.564. The molecule has 4 nitrogen and oxygen atoms in total. The van der Waals surface area contributed by atoms with Gasteiger partial charge < -0.3 is 9.32 Å². The molecule has 0 unspecified atom stereocenters. The zero-order chi connectivity index (χ0) is 11.7. The number of anilines is 1. The van der Waals surface area contributed by atoms with E-state index in [1.54, 1.807) is 11.3 Å². The summed E-state index contributed by atoms with van der Waals surface area (Å²) < 4.78 is 5.74. The van der Waals surface area contributed by atoms with Gasteiger partial charge in [0.25, 0.3) is 0 Å². The van der Waals surface area contributed by atoms with Gasteiger partial charge >= 0.3 is 0 Å². The third-order valence-corrected chi connectivity index (χ3v) is 3.70. The Balaban J connectivity index is 2.01. The Kier molecular flexibility index (Phi) is 2.57. The molecule has 3 rings (SSSR count). The highest BCUT2D eigenvalue weighted by atomic mass is 32.1. The third-order valence-electron chi connectivity index (χ3n) is 2.84. The van der Waals surface area contributed by atoms with Gasteiger partial charge in [-0.05, 0) is 24.3 Å². The molecule has 0 aliphatic carbocycles. The molecular formula is C12H11N3OS. The van der Waals surface area contributed by atoms with Gasteiger partial charge in [0.1, 0.15) is 6.07 Å². The summed E-state index contributed by atoms with van der Waals surface area (Å²) in [7, 11) is 0. The molecule has 0 spiro atoms. The molecule has 1 aliphatic rings. The first-order valence-electron chi connectivity index (χ1n) is 5.58. The maximum atomic E-state index is 9.09. The van der Waals surface area contributed by atoms with Crippen LogP contribution in [0.5, 0.6) is 0 Å². The molecule has 17 heavy (non-hydrogen) atoms. The van der Waals surface area contributed by atoms with E-state index in [2.05, 4.69) is 16.0 Å². The van der Waals surface area contributed by atoms with Crippen LogP contribution < -0.4 is 4.90 Å². The molecule has 3 heterocycles. The second-order valence-electron chi connectivity index (χ2n) is 3.96. The number of aromatic nitrogens is 1. The standard InChI is InChI=1S/C12H11N3OS/c13-8-9-12(15-5-1-2-6-15)16-11(14-9)10-4-3-7-17-10/h3-4,7H,1-2,5-6H2. The Labute approximate surface area is 103 Å². The smallest absolute Gasteiger partial charge is 0.240 e. The topological polar surface area (TPSA) is 53.1 Å². The van der Waals surface area contributed by atoms with Crippen molar-refractivity contribution in [2.75, 3.05) is 18.0 Å². The summed E-state index contributed by atoms with van der Waals surface area (Å²) in [6.45, 7) is 1.90. The van der Waals surface area contributed by atoms with Crippen molar-refractivity contribution in [3.05, 3.63) is 23.2 Å². The normalized spacial score (nSPS) is 15.1. The van der Waals surface area contributed by atoms with E-state index in [-0.39, 0.29) is 0 Å². The number of nitrogens with zero attached hydrogens (tertiary/aromatic N) is 3.